The molecule has 2 aromatic carbocycles. The van der Waals surface area contributed by atoms with Crippen LogP contribution < -0.4 is 5.32 Å². The molecule has 3 aromatic rings. The van der Waals surface area contributed by atoms with Crippen molar-refractivity contribution in [3.05, 3.63) is 63.4 Å². The number of rotatable bonds is 2. The zero-order chi connectivity index (χ0) is 14.2. The monoisotopic (exact) mass is 388 g/mol. The molecule has 1 aliphatic carbocycles. The van der Waals surface area contributed by atoms with Crippen LogP contribution in [-0.4, -0.2) is 4.98 Å². The molecule has 0 spiro atoms. The third kappa shape index (κ3) is 2.44. The second kappa shape index (κ2) is 5.37. The fourth-order valence-corrected chi connectivity index (χ4v) is 3.67. The molecule has 0 bridgehead atoms. The highest BCUT2D eigenvalue weighted by Crippen LogP contribution is 2.36. The fourth-order valence-electron chi connectivity index (χ4n) is 3.31. The molecule has 2 nitrogen and oxygen atoms in total. The largest absolute Gasteiger partial charge is 0.377 e. The quantitative estimate of drug-likeness (QED) is 0.576. The van der Waals surface area contributed by atoms with Crippen molar-refractivity contribution in [3.63, 3.8) is 0 Å². The topological polar surface area (TPSA) is 27.8 Å². The molecule has 0 aliphatic heterocycles. The van der Waals surface area contributed by atoms with Crippen LogP contribution in [0, 0.1) is 3.57 Å². The molecule has 0 radical (unpaired) electrons. The second-order valence-corrected chi connectivity index (χ2v) is 6.90. The molecule has 1 aromatic heterocycles. The number of H-pyrrole nitrogens is 1. The lowest BCUT2D eigenvalue weighted by molar-refractivity contribution is 0.593. The van der Waals surface area contributed by atoms with Crippen molar-refractivity contribution < 1.29 is 0 Å². The number of benzene rings is 2. The number of anilines is 1. The summed E-state index contributed by atoms with van der Waals surface area (Å²) in [6.07, 6.45) is 3.62. The van der Waals surface area contributed by atoms with E-state index in [9.17, 15) is 0 Å². The summed E-state index contributed by atoms with van der Waals surface area (Å²) in [6.45, 7) is 0. The van der Waals surface area contributed by atoms with Crippen LogP contribution in [0.1, 0.15) is 30.1 Å². The molecule has 0 saturated heterocycles. The van der Waals surface area contributed by atoms with E-state index in [1.165, 1.54) is 50.7 Å². The smallest absolute Gasteiger partial charge is 0.0666 e. The number of nitrogens with one attached hydrogen (secondary N) is 2. The predicted octanol–water partition coefficient (Wildman–Crippen LogP) is 5.26. The van der Waals surface area contributed by atoms with Crippen LogP contribution in [0.4, 0.5) is 5.69 Å². The van der Waals surface area contributed by atoms with Crippen molar-refractivity contribution >= 4 is 39.2 Å². The Morgan fingerprint density at radius 3 is 2.71 bits per heavy atom. The first-order chi connectivity index (χ1) is 10.3. The van der Waals surface area contributed by atoms with Gasteiger partial charge in [0.1, 0.15) is 0 Å². The lowest BCUT2D eigenvalue weighted by Gasteiger charge is -2.24. The average molecular weight is 388 g/mol. The predicted molar refractivity (Wildman–Crippen MR) is 96.8 cm³/mol. The number of aryl methyl sites for hydroxylation is 1. The standard InChI is InChI=1S/C18H17IN2/c19-12-8-10-13(11-9-12)20-17-7-3-5-15-14-4-1-2-6-16(14)21-18(15)17/h1-2,4,6,8-11,17,20-21H,3,5,7H2. The van der Waals surface area contributed by atoms with E-state index in [2.05, 4.69) is 81.4 Å². The number of aromatic nitrogens is 1. The number of hydrogen-bond donors (Lipinski definition) is 2. The van der Waals surface area contributed by atoms with Crippen molar-refractivity contribution in [2.75, 3.05) is 5.32 Å². The summed E-state index contributed by atoms with van der Waals surface area (Å²) < 4.78 is 1.27. The van der Waals surface area contributed by atoms with Crippen molar-refractivity contribution in [3.8, 4) is 0 Å². The number of fused-ring (bicyclic) bond motifs is 3. The molecule has 0 amide bonds. The van der Waals surface area contributed by atoms with Crippen molar-refractivity contribution in [2.24, 2.45) is 0 Å². The van der Waals surface area contributed by atoms with Crippen LogP contribution in [0.3, 0.4) is 0 Å². The zero-order valence-electron chi connectivity index (χ0n) is 11.7. The Hall–Kier alpha value is -1.49. The van der Waals surface area contributed by atoms with Crippen LogP contribution in [-0.2, 0) is 6.42 Å². The second-order valence-electron chi connectivity index (χ2n) is 5.66. The number of hydrogen-bond acceptors (Lipinski definition) is 1. The van der Waals surface area contributed by atoms with Crippen LogP contribution >= 0.6 is 22.6 Å². The highest BCUT2D eigenvalue weighted by atomic mass is 127. The van der Waals surface area contributed by atoms with E-state index in [4.69, 9.17) is 0 Å². The van der Waals surface area contributed by atoms with E-state index in [-0.39, 0.29) is 0 Å². The Morgan fingerprint density at radius 1 is 1.05 bits per heavy atom. The molecule has 0 fully saturated rings. The minimum Gasteiger partial charge on any atom is -0.377 e. The van der Waals surface area contributed by atoms with Gasteiger partial charge in [0.25, 0.3) is 0 Å². The van der Waals surface area contributed by atoms with Gasteiger partial charge < -0.3 is 10.3 Å². The lowest BCUT2D eigenvalue weighted by atomic mass is 9.91. The molecule has 1 aliphatic rings. The average Bonchev–Trinajstić information content (AvgIpc) is 2.89. The van der Waals surface area contributed by atoms with Gasteiger partial charge in [-0.3, -0.25) is 0 Å². The van der Waals surface area contributed by atoms with Gasteiger partial charge in [0.15, 0.2) is 0 Å². The summed E-state index contributed by atoms with van der Waals surface area (Å²) in [4.78, 5) is 3.63. The van der Waals surface area contributed by atoms with E-state index in [1.54, 1.807) is 0 Å². The molecule has 106 valence electrons. The Labute approximate surface area is 138 Å². The first-order valence-electron chi connectivity index (χ1n) is 7.43. The van der Waals surface area contributed by atoms with E-state index in [1.807, 2.05) is 0 Å². The third-order valence-corrected chi connectivity index (χ3v) is 5.02. The molecule has 0 saturated carbocycles. The maximum absolute atomic E-state index is 3.69. The molecule has 4 rings (SSSR count). The van der Waals surface area contributed by atoms with Gasteiger partial charge in [-0.25, -0.2) is 0 Å². The lowest BCUT2D eigenvalue weighted by Crippen LogP contribution is -2.17. The van der Waals surface area contributed by atoms with E-state index >= 15 is 0 Å². The Morgan fingerprint density at radius 2 is 1.86 bits per heavy atom. The van der Waals surface area contributed by atoms with Gasteiger partial charge in [0, 0.05) is 25.9 Å². The van der Waals surface area contributed by atoms with Crippen LogP contribution in [0.15, 0.2) is 48.5 Å². The van der Waals surface area contributed by atoms with Crippen LogP contribution in [0.25, 0.3) is 10.9 Å². The van der Waals surface area contributed by atoms with Gasteiger partial charge >= 0.3 is 0 Å². The first kappa shape index (κ1) is 13.2. The van der Waals surface area contributed by atoms with Crippen molar-refractivity contribution in [2.45, 2.75) is 25.3 Å². The number of halogens is 1. The summed E-state index contributed by atoms with van der Waals surface area (Å²) in [5.74, 6) is 0. The van der Waals surface area contributed by atoms with E-state index in [0.717, 1.165) is 0 Å². The van der Waals surface area contributed by atoms with Gasteiger partial charge in [0.2, 0.25) is 0 Å². The summed E-state index contributed by atoms with van der Waals surface area (Å²) >= 11 is 2.34. The third-order valence-electron chi connectivity index (χ3n) is 4.30. The van der Waals surface area contributed by atoms with Gasteiger partial charge in [0.05, 0.1) is 6.04 Å². The highest BCUT2D eigenvalue weighted by molar-refractivity contribution is 14.1. The molecular formula is C18H17IN2. The van der Waals surface area contributed by atoms with Crippen LogP contribution in [0.5, 0.6) is 0 Å². The van der Waals surface area contributed by atoms with Crippen molar-refractivity contribution in [1.29, 1.82) is 0 Å². The molecule has 1 atom stereocenters. The summed E-state index contributed by atoms with van der Waals surface area (Å²) in [5, 5.41) is 5.08. The van der Waals surface area contributed by atoms with Crippen LogP contribution in [0.2, 0.25) is 0 Å². The number of aromatic amines is 1. The SMILES string of the molecule is Ic1ccc(NC2CCCc3c2[nH]c2ccccc32)cc1. The van der Waals surface area contributed by atoms with Crippen molar-refractivity contribution in [1.82, 2.24) is 4.98 Å². The van der Waals surface area contributed by atoms with Gasteiger partial charge in [-0.15, -0.1) is 0 Å². The number of para-hydroxylation sites is 1. The van der Waals surface area contributed by atoms with Gasteiger partial charge in [-0.05, 0) is 77.7 Å². The van der Waals surface area contributed by atoms with Gasteiger partial charge in [-0.2, -0.15) is 0 Å². The maximum Gasteiger partial charge on any atom is 0.0666 e. The molecule has 3 heteroatoms. The molecule has 1 unspecified atom stereocenters. The summed E-state index contributed by atoms with van der Waals surface area (Å²) in [5.41, 5.74) is 5.34. The minimum atomic E-state index is 0.390. The maximum atomic E-state index is 3.69. The highest BCUT2D eigenvalue weighted by Gasteiger charge is 2.23. The van der Waals surface area contributed by atoms with Gasteiger partial charge in [-0.1, -0.05) is 18.2 Å². The minimum absolute atomic E-state index is 0.390. The fraction of sp³-hybridized carbons (Fsp3) is 0.222. The first-order valence-corrected chi connectivity index (χ1v) is 8.51. The van der Waals surface area contributed by atoms with E-state index in [0.29, 0.717) is 6.04 Å². The Kier molecular flexibility index (Phi) is 3.37. The zero-order valence-corrected chi connectivity index (χ0v) is 13.9. The summed E-state index contributed by atoms with van der Waals surface area (Å²) in [7, 11) is 0. The molecule has 2 N–H and O–H groups in total. The Balaban J connectivity index is 1.71. The normalized spacial score (nSPS) is 17.7. The molecule has 1 heterocycles. The molecular weight excluding hydrogens is 371 g/mol. The summed E-state index contributed by atoms with van der Waals surface area (Å²) in [6, 6.07) is 17.7. The van der Waals surface area contributed by atoms with E-state index < -0.39 is 0 Å². The Bertz CT molecular complexity index is 774. The molecule has 21 heavy (non-hydrogen) atoms.